The Labute approximate surface area is 211 Å². The average Bonchev–Trinajstić information content (AvgIpc) is 3.47. The second-order valence-electron chi connectivity index (χ2n) is 8.01. The predicted molar refractivity (Wildman–Crippen MR) is 139 cm³/mol. The molecule has 3 aromatic rings. The minimum Gasteiger partial charge on any atom is -0.454 e. The summed E-state index contributed by atoms with van der Waals surface area (Å²) in [5.74, 6) is 0.660. The molecule has 2 heterocycles. The molecule has 36 heavy (non-hydrogen) atoms. The van der Waals surface area contributed by atoms with Crippen molar-refractivity contribution in [3.05, 3.63) is 89.1 Å². The number of amidine groups is 1. The standard InChI is InChI=1S/C27H20N4O4S/c1-17-6-9-20(10-7-17)31-26(33)22(12-18-8-11-23-24(13-18)35-16-34-23)30-27(31)36-15-25(32)29-21-5-3-2-4-19(21)14-28/h2-13H,15-16H2,1H3,(H,29,32)/b22-12-. The van der Waals surface area contributed by atoms with Crippen molar-refractivity contribution in [3.63, 3.8) is 0 Å². The number of nitrogens with one attached hydrogen (secondary N) is 1. The first-order valence-electron chi connectivity index (χ1n) is 11.0. The Morgan fingerprint density at radius 2 is 1.92 bits per heavy atom. The maximum absolute atomic E-state index is 13.4. The fraction of sp³-hybridized carbons (Fsp3) is 0.111. The molecule has 0 radical (unpaired) electrons. The van der Waals surface area contributed by atoms with Crippen LogP contribution < -0.4 is 19.7 Å². The normalized spacial score (nSPS) is 15.1. The van der Waals surface area contributed by atoms with Gasteiger partial charge in [-0.1, -0.05) is 47.7 Å². The number of aryl methyl sites for hydroxylation is 1. The molecule has 1 N–H and O–H groups in total. The second kappa shape index (κ2) is 9.98. The van der Waals surface area contributed by atoms with Gasteiger partial charge in [-0.15, -0.1) is 0 Å². The molecule has 5 rings (SSSR count). The molecule has 0 bridgehead atoms. The van der Waals surface area contributed by atoms with Crippen LogP contribution in [-0.4, -0.2) is 29.5 Å². The Kier molecular flexibility index (Phi) is 6.43. The van der Waals surface area contributed by atoms with Gasteiger partial charge in [-0.05, 0) is 55.0 Å². The van der Waals surface area contributed by atoms with E-state index >= 15 is 0 Å². The number of ether oxygens (including phenoxy) is 2. The van der Waals surface area contributed by atoms with Crippen molar-refractivity contribution in [2.45, 2.75) is 6.92 Å². The van der Waals surface area contributed by atoms with Crippen LogP contribution in [0, 0.1) is 18.3 Å². The smallest absolute Gasteiger partial charge is 0.283 e. The van der Waals surface area contributed by atoms with Gasteiger partial charge in [0, 0.05) is 0 Å². The zero-order valence-corrected chi connectivity index (χ0v) is 20.0. The molecular formula is C27H20N4O4S. The molecule has 0 unspecified atom stereocenters. The van der Waals surface area contributed by atoms with Crippen LogP contribution in [0.15, 0.2) is 77.4 Å². The van der Waals surface area contributed by atoms with Crippen molar-refractivity contribution in [2.24, 2.45) is 4.99 Å². The van der Waals surface area contributed by atoms with E-state index in [1.807, 2.05) is 37.3 Å². The molecule has 0 fully saturated rings. The number of rotatable bonds is 5. The van der Waals surface area contributed by atoms with Crippen LogP contribution >= 0.6 is 11.8 Å². The number of benzene rings is 3. The van der Waals surface area contributed by atoms with Gasteiger partial charge in [-0.2, -0.15) is 5.26 Å². The van der Waals surface area contributed by atoms with E-state index in [1.165, 1.54) is 4.90 Å². The van der Waals surface area contributed by atoms with Crippen LogP contribution in [-0.2, 0) is 9.59 Å². The molecule has 3 aromatic carbocycles. The fourth-order valence-corrected chi connectivity index (χ4v) is 4.49. The lowest BCUT2D eigenvalue weighted by molar-refractivity contribution is -0.114. The highest BCUT2D eigenvalue weighted by Crippen LogP contribution is 2.34. The van der Waals surface area contributed by atoms with Crippen molar-refractivity contribution >= 4 is 46.2 Å². The van der Waals surface area contributed by atoms with E-state index in [9.17, 15) is 14.9 Å². The Hall–Kier alpha value is -4.55. The van der Waals surface area contributed by atoms with E-state index in [0.717, 1.165) is 22.9 Å². The van der Waals surface area contributed by atoms with Crippen LogP contribution in [0.5, 0.6) is 11.5 Å². The van der Waals surface area contributed by atoms with Crippen molar-refractivity contribution in [2.75, 3.05) is 22.8 Å². The number of para-hydroxylation sites is 1. The number of hydrogen-bond acceptors (Lipinski definition) is 7. The number of carbonyl (C=O) groups is 2. The highest BCUT2D eigenvalue weighted by molar-refractivity contribution is 8.14. The highest BCUT2D eigenvalue weighted by Gasteiger charge is 2.32. The summed E-state index contributed by atoms with van der Waals surface area (Å²) in [4.78, 5) is 32.1. The Balaban J connectivity index is 1.39. The Bertz CT molecular complexity index is 1460. The third-order valence-electron chi connectivity index (χ3n) is 5.48. The van der Waals surface area contributed by atoms with Gasteiger partial charge in [0.2, 0.25) is 12.7 Å². The van der Waals surface area contributed by atoms with Crippen LogP contribution in [0.25, 0.3) is 6.08 Å². The van der Waals surface area contributed by atoms with Gasteiger partial charge in [0.15, 0.2) is 16.7 Å². The minimum atomic E-state index is -0.310. The van der Waals surface area contributed by atoms with E-state index in [1.54, 1.807) is 42.5 Å². The first-order chi connectivity index (χ1) is 17.5. The summed E-state index contributed by atoms with van der Waals surface area (Å²) >= 11 is 1.14. The van der Waals surface area contributed by atoms with Crippen LogP contribution in [0.1, 0.15) is 16.7 Å². The predicted octanol–water partition coefficient (Wildman–Crippen LogP) is 4.71. The molecule has 0 aliphatic carbocycles. The van der Waals surface area contributed by atoms with Gasteiger partial charge in [-0.3, -0.25) is 14.5 Å². The van der Waals surface area contributed by atoms with Crippen molar-refractivity contribution in [3.8, 4) is 17.6 Å². The number of aliphatic imine (C=N–C) groups is 1. The van der Waals surface area contributed by atoms with E-state index in [2.05, 4.69) is 16.4 Å². The van der Waals surface area contributed by atoms with Crippen molar-refractivity contribution < 1.29 is 19.1 Å². The van der Waals surface area contributed by atoms with E-state index in [4.69, 9.17) is 9.47 Å². The topological polar surface area (TPSA) is 104 Å². The van der Waals surface area contributed by atoms with E-state index < -0.39 is 0 Å². The molecule has 2 amide bonds. The summed E-state index contributed by atoms with van der Waals surface area (Å²) < 4.78 is 10.8. The van der Waals surface area contributed by atoms with Crippen LogP contribution in [0.2, 0.25) is 0 Å². The minimum absolute atomic E-state index is 0.00550. The number of nitrogens with zero attached hydrogens (tertiary/aromatic N) is 3. The third kappa shape index (κ3) is 4.80. The molecule has 0 aromatic heterocycles. The third-order valence-corrected chi connectivity index (χ3v) is 6.41. The monoisotopic (exact) mass is 496 g/mol. The SMILES string of the molecule is Cc1ccc(N2C(=O)/C(=C/c3ccc4c(c3)OCO4)N=C2SCC(=O)Nc2ccccc2C#N)cc1. The molecule has 0 spiro atoms. The summed E-state index contributed by atoms with van der Waals surface area (Å²) in [5.41, 5.74) is 3.51. The molecule has 2 aliphatic rings. The van der Waals surface area contributed by atoms with Crippen molar-refractivity contribution in [1.82, 2.24) is 0 Å². The zero-order valence-electron chi connectivity index (χ0n) is 19.2. The summed E-state index contributed by atoms with van der Waals surface area (Å²) in [6.07, 6.45) is 1.68. The molecule has 2 aliphatic heterocycles. The first kappa shape index (κ1) is 23.2. The second-order valence-corrected chi connectivity index (χ2v) is 8.95. The summed E-state index contributed by atoms with van der Waals surface area (Å²) in [6.45, 7) is 2.13. The number of nitriles is 1. The molecule has 9 heteroatoms. The number of hydrogen-bond donors (Lipinski definition) is 1. The summed E-state index contributed by atoms with van der Waals surface area (Å²) in [7, 11) is 0. The van der Waals surface area contributed by atoms with Crippen molar-refractivity contribution in [1.29, 1.82) is 5.26 Å². The molecule has 0 saturated heterocycles. The lowest BCUT2D eigenvalue weighted by Gasteiger charge is -2.18. The molecule has 8 nitrogen and oxygen atoms in total. The van der Waals surface area contributed by atoms with Gasteiger partial charge in [0.25, 0.3) is 5.91 Å². The van der Waals surface area contributed by atoms with Gasteiger partial charge < -0.3 is 14.8 Å². The molecular weight excluding hydrogens is 476 g/mol. The maximum atomic E-state index is 13.4. The average molecular weight is 497 g/mol. The van der Waals surface area contributed by atoms with Crippen LogP contribution in [0.4, 0.5) is 11.4 Å². The van der Waals surface area contributed by atoms with Gasteiger partial charge in [0.05, 0.1) is 22.7 Å². The Morgan fingerprint density at radius 3 is 2.72 bits per heavy atom. The van der Waals surface area contributed by atoms with E-state index in [-0.39, 0.29) is 30.1 Å². The van der Waals surface area contributed by atoms with E-state index in [0.29, 0.717) is 33.6 Å². The van der Waals surface area contributed by atoms with Gasteiger partial charge in [0.1, 0.15) is 11.8 Å². The molecule has 0 atom stereocenters. The van der Waals surface area contributed by atoms with Gasteiger partial charge in [-0.25, -0.2) is 4.99 Å². The quantitative estimate of drug-likeness (QED) is 0.513. The zero-order chi connectivity index (χ0) is 25.1. The number of thioether (sulfide) groups is 1. The number of fused-ring (bicyclic) bond motifs is 1. The maximum Gasteiger partial charge on any atom is 0.283 e. The summed E-state index contributed by atoms with van der Waals surface area (Å²) in [5, 5.41) is 12.4. The lowest BCUT2D eigenvalue weighted by atomic mass is 10.1. The van der Waals surface area contributed by atoms with Gasteiger partial charge >= 0.3 is 0 Å². The first-order valence-corrected chi connectivity index (χ1v) is 12.0. The number of amides is 2. The molecule has 178 valence electrons. The van der Waals surface area contributed by atoms with Crippen LogP contribution in [0.3, 0.4) is 0 Å². The lowest BCUT2D eigenvalue weighted by Crippen LogP contribution is -2.31. The number of carbonyl (C=O) groups excluding carboxylic acids is 2. The number of anilines is 2. The summed E-state index contributed by atoms with van der Waals surface area (Å²) in [6, 6.07) is 21.8. The molecule has 0 saturated carbocycles. The highest BCUT2D eigenvalue weighted by atomic mass is 32.2. The fourth-order valence-electron chi connectivity index (χ4n) is 3.68. The largest absolute Gasteiger partial charge is 0.454 e. The Morgan fingerprint density at radius 1 is 1.14 bits per heavy atom.